The van der Waals surface area contributed by atoms with E-state index in [1.807, 2.05) is 0 Å². The average Bonchev–Trinajstić information content (AvgIpc) is 2.19. The van der Waals surface area contributed by atoms with E-state index in [-0.39, 0.29) is 11.1 Å². The van der Waals surface area contributed by atoms with E-state index in [4.69, 9.17) is 5.73 Å². The van der Waals surface area contributed by atoms with Crippen LogP contribution in [0.2, 0.25) is 0 Å². The summed E-state index contributed by atoms with van der Waals surface area (Å²) in [4.78, 5) is 0. The smallest absolute Gasteiger partial charge is 0.325 e. The Labute approximate surface area is 95.4 Å². The Morgan fingerprint density at radius 1 is 1.12 bits per heavy atom. The first kappa shape index (κ1) is 13.9. The van der Waals surface area contributed by atoms with E-state index in [1.54, 1.807) is 0 Å². The largest absolute Gasteiger partial charge is 0.416 e. The molecule has 0 aliphatic rings. The standard InChI is InChI=1S/C11H12F5N/c1-7-4-9(11(14,15)16)3-2-8(7)5-10(12,13)6-17/h2-4H,5-6,17H2,1H3. The molecule has 1 rings (SSSR count). The van der Waals surface area contributed by atoms with Gasteiger partial charge in [-0.05, 0) is 30.2 Å². The monoisotopic (exact) mass is 253 g/mol. The van der Waals surface area contributed by atoms with E-state index in [0.717, 1.165) is 18.2 Å². The Hall–Kier alpha value is -1.17. The molecular weight excluding hydrogens is 241 g/mol. The van der Waals surface area contributed by atoms with Crippen molar-refractivity contribution in [2.75, 3.05) is 6.54 Å². The van der Waals surface area contributed by atoms with Gasteiger partial charge < -0.3 is 5.73 Å². The number of rotatable bonds is 3. The molecule has 0 saturated carbocycles. The van der Waals surface area contributed by atoms with Crippen LogP contribution in [0.4, 0.5) is 22.0 Å². The van der Waals surface area contributed by atoms with Gasteiger partial charge in [0.2, 0.25) is 0 Å². The normalized spacial score (nSPS) is 12.9. The van der Waals surface area contributed by atoms with Gasteiger partial charge >= 0.3 is 6.18 Å². The van der Waals surface area contributed by atoms with Gasteiger partial charge in [0.25, 0.3) is 5.92 Å². The van der Waals surface area contributed by atoms with Crippen LogP contribution in [0.5, 0.6) is 0 Å². The first-order valence-corrected chi connectivity index (χ1v) is 4.90. The summed E-state index contributed by atoms with van der Waals surface area (Å²) in [5.74, 6) is -3.09. The van der Waals surface area contributed by atoms with Crippen molar-refractivity contribution >= 4 is 0 Å². The quantitative estimate of drug-likeness (QED) is 0.823. The minimum Gasteiger partial charge on any atom is -0.325 e. The lowest BCUT2D eigenvalue weighted by atomic mass is 9.99. The number of aryl methyl sites for hydroxylation is 1. The third kappa shape index (κ3) is 3.66. The molecule has 0 aliphatic carbocycles. The molecule has 0 aromatic heterocycles. The second kappa shape index (κ2) is 4.60. The van der Waals surface area contributed by atoms with Gasteiger partial charge in [0, 0.05) is 6.42 Å². The van der Waals surface area contributed by atoms with Gasteiger partial charge in [-0.15, -0.1) is 0 Å². The molecule has 0 fully saturated rings. The van der Waals surface area contributed by atoms with Crippen LogP contribution in [0.3, 0.4) is 0 Å². The maximum Gasteiger partial charge on any atom is 0.416 e. The molecule has 96 valence electrons. The fourth-order valence-electron chi connectivity index (χ4n) is 1.42. The lowest BCUT2D eigenvalue weighted by molar-refractivity contribution is -0.137. The molecule has 0 radical (unpaired) electrons. The van der Waals surface area contributed by atoms with Crippen LogP contribution in [0, 0.1) is 6.92 Å². The summed E-state index contributed by atoms with van der Waals surface area (Å²) in [5, 5.41) is 0. The maximum absolute atomic E-state index is 13.0. The summed E-state index contributed by atoms with van der Waals surface area (Å²) >= 11 is 0. The van der Waals surface area contributed by atoms with Crippen LogP contribution in [-0.4, -0.2) is 12.5 Å². The Morgan fingerprint density at radius 3 is 2.12 bits per heavy atom. The third-order valence-electron chi connectivity index (χ3n) is 2.42. The molecule has 0 amide bonds. The summed E-state index contributed by atoms with van der Waals surface area (Å²) in [5.41, 5.74) is 4.40. The van der Waals surface area contributed by atoms with Crippen LogP contribution in [0.15, 0.2) is 18.2 Å². The van der Waals surface area contributed by atoms with Crippen LogP contribution in [0.1, 0.15) is 16.7 Å². The minimum atomic E-state index is -4.46. The van der Waals surface area contributed by atoms with E-state index in [9.17, 15) is 22.0 Å². The van der Waals surface area contributed by atoms with Gasteiger partial charge in [-0.25, -0.2) is 8.78 Å². The highest BCUT2D eigenvalue weighted by molar-refractivity contribution is 5.33. The molecule has 0 atom stereocenters. The SMILES string of the molecule is Cc1cc(C(F)(F)F)ccc1CC(F)(F)CN. The number of alkyl halides is 5. The topological polar surface area (TPSA) is 26.0 Å². The van der Waals surface area contributed by atoms with Crippen molar-refractivity contribution in [1.29, 1.82) is 0 Å². The number of benzene rings is 1. The van der Waals surface area contributed by atoms with Gasteiger partial charge in [-0.3, -0.25) is 0 Å². The van der Waals surface area contributed by atoms with Crippen molar-refractivity contribution in [3.8, 4) is 0 Å². The Balaban J connectivity index is 2.99. The molecule has 0 heterocycles. The molecule has 6 heteroatoms. The lowest BCUT2D eigenvalue weighted by Crippen LogP contribution is -2.30. The van der Waals surface area contributed by atoms with Crippen molar-refractivity contribution in [3.63, 3.8) is 0 Å². The van der Waals surface area contributed by atoms with Gasteiger partial charge in [0.1, 0.15) is 0 Å². The average molecular weight is 253 g/mol. The summed E-state index contributed by atoms with van der Waals surface area (Å²) in [6, 6.07) is 2.73. The molecule has 17 heavy (non-hydrogen) atoms. The number of nitrogens with two attached hydrogens (primary N) is 1. The molecular formula is C11H12F5N. The van der Waals surface area contributed by atoms with Crippen LogP contribution < -0.4 is 5.73 Å². The zero-order valence-electron chi connectivity index (χ0n) is 9.11. The van der Waals surface area contributed by atoms with E-state index in [0.29, 0.717) is 0 Å². The molecule has 0 aliphatic heterocycles. The lowest BCUT2D eigenvalue weighted by Gasteiger charge is -2.16. The second-order valence-electron chi connectivity index (χ2n) is 3.88. The predicted octanol–water partition coefficient (Wildman–Crippen LogP) is 3.15. The molecule has 2 N–H and O–H groups in total. The summed E-state index contributed by atoms with van der Waals surface area (Å²) in [7, 11) is 0. The van der Waals surface area contributed by atoms with Crippen molar-refractivity contribution in [2.45, 2.75) is 25.4 Å². The molecule has 1 nitrogen and oxygen atoms in total. The Kier molecular flexibility index (Phi) is 3.76. The molecule has 0 saturated heterocycles. The van der Waals surface area contributed by atoms with Gasteiger partial charge in [-0.2, -0.15) is 13.2 Å². The number of hydrogen-bond donors (Lipinski definition) is 1. The van der Waals surface area contributed by atoms with Crippen molar-refractivity contribution in [3.05, 3.63) is 34.9 Å². The van der Waals surface area contributed by atoms with Gasteiger partial charge in [-0.1, -0.05) is 6.07 Å². The van der Waals surface area contributed by atoms with E-state index in [2.05, 4.69) is 0 Å². The highest BCUT2D eigenvalue weighted by Crippen LogP contribution is 2.31. The van der Waals surface area contributed by atoms with Crippen molar-refractivity contribution in [2.24, 2.45) is 5.73 Å². The van der Waals surface area contributed by atoms with E-state index < -0.39 is 30.6 Å². The zero-order chi connectivity index (χ0) is 13.3. The van der Waals surface area contributed by atoms with Gasteiger partial charge in [0.05, 0.1) is 12.1 Å². The van der Waals surface area contributed by atoms with E-state index >= 15 is 0 Å². The third-order valence-corrected chi connectivity index (χ3v) is 2.42. The number of hydrogen-bond acceptors (Lipinski definition) is 1. The maximum atomic E-state index is 13.0. The van der Waals surface area contributed by atoms with Crippen LogP contribution >= 0.6 is 0 Å². The Morgan fingerprint density at radius 2 is 1.71 bits per heavy atom. The van der Waals surface area contributed by atoms with Gasteiger partial charge in [0.15, 0.2) is 0 Å². The summed E-state index contributed by atoms with van der Waals surface area (Å²) in [6.07, 6.45) is -5.10. The fourth-order valence-corrected chi connectivity index (χ4v) is 1.42. The fraction of sp³-hybridized carbons (Fsp3) is 0.455. The van der Waals surface area contributed by atoms with E-state index in [1.165, 1.54) is 6.92 Å². The zero-order valence-corrected chi connectivity index (χ0v) is 9.11. The molecule has 0 bridgehead atoms. The van der Waals surface area contributed by atoms with Crippen molar-refractivity contribution in [1.82, 2.24) is 0 Å². The Bertz CT molecular complexity index is 397. The first-order valence-electron chi connectivity index (χ1n) is 4.90. The predicted molar refractivity (Wildman–Crippen MR) is 53.9 cm³/mol. The molecule has 1 aromatic carbocycles. The molecule has 1 aromatic rings. The van der Waals surface area contributed by atoms with Crippen molar-refractivity contribution < 1.29 is 22.0 Å². The molecule has 0 unspecified atom stereocenters. The minimum absolute atomic E-state index is 0.174. The number of halogens is 5. The summed E-state index contributed by atoms with van der Waals surface area (Å²) in [6.45, 7) is 0.546. The highest BCUT2D eigenvalue weighted by Gasteiger charge is 2.32. The van der Waals surface area contributed by atoms with Crippen LogP contribution in [0.25, 0.3) is 0 Å². The highest BCUT2D eigenvalue weighted by atomic mass is 19.4. The summed E-state index contributed by atoms with van der Waals surface area (Å²) < 4.78 is 63.0. The second-order valence-corrected chi connectivity index (χ2v) is 3.88. The molecule has 0 spiro atoms. The first-order chi connectivity index (χ1) is 7.65. The van der Waals surface area contributed by atoms with Crippen LogP contribution in [-0.2, 0) is 12.6 Å².